The van der Waals surface area contributed by atoms with Gasteiger partial charge in [-0.3, -0.25) is 24.7 Å². The van der Waals surface area contributed by atoms with Gasteiger partial charge in [-0.1, -0.05) is 50.5 Å². The largest absolute Gasteiger partial charge is 0.480 e. The number of hydrogen-bond acceptors (Lipinski definition) is 12. The van der Waals surface area contributed by atoms with E-state index in [-0.39, 0.29) is 66.2 Å². The van der Waals surface area contributed by atoms with Crippen LogP contribution in [0.2, 0.25) is 10.2 Å². The Morgan fingerprint density at radius 1 is 1.04 bits per heavy atom. The predicted octanol–water partition coefficient (Wildman–Crippen LogP) is 2.84. The van der Waals surface area contributed by atoms with Crippen LogP contribution in [-0.4, -0.2) is 101 Å². The Kier molecular flexibility index (Phi) is 14.2. The topological polar surface area (TPSA) is 207 Å². The van der Waals surface area contributed by atoms with Crippen molar-refractivity contribution in [1.29, 1.82) is 0 Å². The zero-order valence-electron chi connectivity index (χ0n) is 27.0. The second-order valence-electron chi connectivity index (χ2n) is 11.6. The number of aliphatic imine (C=N–C) groups is 1. The van der Waals surface area contributed by atoms with E-state index in [1.54, 1.807) is 23.1 Å². The minimum atomic E-state index is -0.672. The van der Waals surface area contributed by atoms with Crippen LogP contribution in [0.5, 0.6) is 5.75 Å². The third-order valence-corrected chi connectivity index (χ3v) is 8.59. The average molecular weight is 723 g/mol. The number of nitrogens with zero attached hydrogens (tertiary/aromatic N) is 5. The van der Waals surface area contributed by atoms with E-state index in [2.05, 4.69) is 25.6 Å². The first-order valence-corrected chi connectivity index (χ1v) is 16.5. The van der Waals surface area contributed by atoms with E-state index < -0.39 is 18.5 Å². The Balaban J connectivity index is 0.00000650. The lowest BCUT2D eigenvalue weighted by atomic mass is 9.88. The Labute approximate surface area is 296 Å². The van der Waals surface area contributed by atoms with Crippen LogP contribution in [0.1, 0.15) is 69.4 Å². The van der Waals surface area contributed by atoms with Crippen molar-refractivity contribution in [3.05, 3.63) is 39.6 Å². The van der Waals surface area contributed by atoms with E-state index in [0.717, 1.165) is 18.4 Å². The van der Waals surface area contributed by atoms with Crippen molar-refractivity contribution < 1.29 is 28.7 Å². The van der Waals surface area contributed by atoms with Crippen molar-refractivity contribution in [2.45, 2.75) is 65.3 Å². The number of nitrogen functional groups attached to an aromatic ring is 2. The molecule has 4 rings (SSSR count). The highest BCUT2D eigenvalue weighted by Gasteiger charge is 2.40. The van der Waals surface area contributed by atoms with Gasteiger partial charge in [-0.25, -0.2) is 14.8 Å². The van der Waals surface area contributed by atoms with Crippen LogP contribution < -0.4 is 26.8 Å². The standard InChI is InChI=1S/C31H41Cl2N9O6.CH4/c1-3-11-41(12-4-2)23(44)16-48-24(45)17-47-21-7-5-19(15-20(21)32)6-8-22(43)42-13-9-31(10-14-42)18-36-30(40-31)39-29(46)25-27(34)38-28(35)26(33)37-25;/h5,7,15H,3-4,6,8-14,16-18H2,1-2H3,(H4,34,35,38)(H2,36,39,40,46);1H4. The lowest BCUT2D eigenvalue weighted by Gasteiger charge is -2.39. The highest BCUT2D eigenvalue weighted by atomic mass is 35.5. The van der Waals surface area contributed by atoms with Gasteiger partial charge in [0.05, 0.1) is 17.1 Å². The number of nitrogens with two attached hydrogens (primary N) is 2. The highest BCUT2D eigenvalue weighted by Crippen LogP contribution is 2.28. The maximum atomic E-state index is 13.0. The molecule has 6 N–H and O–H groups in total. The lowest BCUT2D eigenvalue weighted by molar-refractivity contribution is -0.153. The van der Waals surface area contributed by atoms with Crippen LogP contribution in [0.3, 0.4) is 0 Å². The second-order valence-corrected chi connectivity index (χ2v) is 12.4. The minimum absolute atomic E-state index is 0. The van der Waals surface area contributed by atoms with E-state index in [1.165, 1.54) is 0 Å². The molecule has 268 valence electrons. The number of carbonyl (C=O) groups is 4. The molecule has 2 aliphatic heterocycles. The summed E-state index contributed by atoms with van der Waals surface area (Å²) in [6, 6.07) is 5.13. The second kappa shape index (κ2) is 17.9. The summed E-state index contributed by atoms with van der Waals surface area (Å²) in [6.07, 6.45) is 3.67. The number of esters is 1. The normalized spacial score (nSPS) is 14.7. The summed E-state index contributed by atoms with van der Waals surface area (Å²) in [5.41, 5.74) is 11.6. The van der Waals surface area contributed by atoms with Gasteiger partial charge in [0.15, 0.2) is 41.7 Å². The van der Waals surface area contributed by atoms with Gasteiger partial charge in [-0.15, -0.1) is 0 Å². The number of likely N-dealkylation sites (tertiary alicyclic amines) is 1. The zero-order valence-corrected chi connectivity index (χ0v) is 28.5. The Morgan fingerprint density at radius 2 is 1.73 bits per heavy atom. The van der Waals surface area contributed by atoms with Crippen LogP contribution in [0.4, 0.5) is 11.6 Å². The molecule has 1 fully saturated rings. The number of benzene rings is 1. The molecule has 0 aliphatic carbocycles. The molecule has 0 atom stereocenters. The first kappa shape index (κ1) is 39.1. The van der Waals surface area contributed by atoms with Crippen LogP contribution in [0.25, 0.3) is 0 Å². The number of piperidine rings is 1. The van der Waals surface area contributed by atoms with Crippen molar-refractivity contribution >= 4 is 64.5 Å². The van der Waals surface area contributed by atoms with Gasteiger partial charge in [0, 0.05) is 32.6 Å². The average Bonchev–Trinajstić information content (AvgIpc) is 3.44. The molecular weight excluding hydrogens is 677 g/mol. The molecular formula is C32H45Cl2N9O6. The van der Waals surface area contributed by atoms with Crippen LogP contribution in [0, 0.1) is 0 Å². The monoisotopic (exact) mass is 721 g/mol. The number of guanidine groups is 1. The number of nitrogens with one attached hydrogen (secondary N) is 2. The van der Waals surface area contributed by atoms with Gasteiger partial charge in [-0.2, -0.15) is 0 Å². The molecule has 3 heterocycles. The summed E-state index contributed by atoms with van der Waals surface area (Å²) in [5, 5.41) is 6.11. The molecule has 2 aliphatic rings. The lowest BCUT2D eigenvalue weighted by Crippen LogP contribution is -2.57. The van der Waals surface area contributed by atoms with Crippen LogP contribution in [0.15, 0.2) is 23.2 Å². The summed E-state index contributed by atoms with van der Waals surface area (Å²) < 4.78 is 10.6. The highest BCUT2D eigenvalue weighted by molar-refractivity contribution is 6.32. The van der Waals surface area contributed by atoms with Crippen LogP contribution in [-0.2, 0) is 25.5 Å². The molecule has 2 aromatic rings. The summed E-state index contributed by atoms with van der Waals surface area (Å²) >= 11 is 12.3. The number of aryl methyl sites for hydroxylation is 1. The quantitative estimate of drug-likeness (QED) is 0.221. The number of ether oxygens (including phenoxy) is 2. The molecule has 0 unspecified atom stereocenters. The fraction of sp³-hybridized carbons (Fsp3) is 0.531. The SMILES string of the molecule is C.CCCN(CCC)C(=O)COC(=O)COc1ccc(CCC(=O)N2CCC3(CC2)CN=C(NC(=O)c2nc(Cl)c(N)nc2N)N3)cc1Cl. The summed E-state index contributed by atoms with van der Waals surface area (Å²) in [5.74, 6) is -1.16. The molecule has 3 amide bonds. The van der Waals surface area contributed by atoms with Gasteiger partial charge in [0.1, 0.15) is 5.75 Å². The molecule has 1 aromatic carbocycles. The van der Waals surface area contributed by atoms with Gasteiger partial charge in [0.25, 0.3) is 11.8 Å². The molecule has 17 heteroatoms. The molecule has 1 spiro atoms. The van der Waals surface area contributed by atoms with E-state index in [0.29, 0.717) is 62.8 Å². The van der Waals surface area contributed by atoms with Crippen molar-refractivity contribution in [3.8, 4) is 5.75 Å². The van der Waals surface area contributed by atoms with Crippen molar-refractivity contribution in [2.24, 2.45) is 4.99 Å². The number of rotatable bonds is 13. The van der Waals surface area contributed by atoms with E-state index >= 15 is 0 Å². The number of amides is 3. The first-order chi connectivity index (χ1) is 22.9. The minimum Gasteiger partial charge on any atom is -0.480 e. The maximum absolute atomic E-state index is 13.0. The van der Waals surface area contributed by atoms with E-state index in [9.17, 15) is 19.2 Å². The molecule has 0 saturated carbocycles. The summed E-state index contributed by atoms with van der Waals surface area (Å²) in [6.45, 7) is 5.95. The van der Waals surface area contributed by atoms with E-state index in [1.807, 2.05) is 18.7 Å². The van der Waals surface area contributed by atoms with Gasteiger partial charge >= 0.3 is 5.97 Å². The molecule has 0 radical (unpaired) electrons. The fourth-order valence-electron chi connectivity index (χ4n) is 5.41. The molecule has 15 nitrogen and oxygen atoms in total. The number of halogens is 2. The molecule has 1 aromatic heterocycles. The van der Waals surface area contributed by atoms with Crippen molar-refractivity contribution in [3.63, 3.8) is 0 Å². The smallest absolute Gasteiger partial charge is 0.344 e. The van der Waals surface area contributed by atoms with E-state index in [4.69, 9.17) is 44.1 Å². The summed E-state index contributed by atoms with van der Waals surface area (Å²) in [7, 11) is 0. The van der Waals surface area contributed by atoms with Crippen LogP contribution >= 0.6 is 23.2 Å². The maximum Gasteiger partial charge on any atom is 0.344 e. The molecule has 1 saturated heterocycles. The third-order valence-electron chi connectivity index (χ3n) is 8.01. The number of aromatic nitrogens is 2. The molecule has 0 bridgehead atoms. The zero-order chi connectivity index (χ0) is 34.8. The summed E-state index contributed by atoms with van der Waals surface area (Å²) in [4.78, 5) is 65.8. The number of carbonyl (C=O) groups excluding carboxylic acids is 4. The number of hydrogen-bond donors (Lipinski definition) is 4. The van der Waals surface area contributed by atoms with Crippen molar-refractivity contribution in [2.75, 3.05) is 57.4 Å². The molecule has 49 heavy (non-hydrogen) atoms. The van der Waals surface area contributed by atoms with Gasteiger partial charge in [0.2, 0.25) is 5.91 Å². The van der Waals surface area contributed by atoms with Gasteiger partial charge in [-0.05, 0) is 49.8 Å². The van der Waals surface area contributed by atoms with Gasteiger partial charge < -0.3 is 36.1 Å². The predicted molar refractivity (Wildman–Crippen MR) is 187 cm³/mol. The third kappa shape index (κ3) is 10.6. The van der Waals surface area contributed by atoms with Crippen molar-refractivity contribution in [1.82, 2.24) is 30.4 Å². The Bertz CT molecular complexity index is 1540. The number of anilines is 2. The first-order valence-electron chi connectivity index (χ1n) is 15.8. The fourth-order valence-corrected chi connectivity index (χ4v) is 5.80. The Hall–Kier alpha value is -4.37. The Morgan fingerprint density at radius 3 is 2.39 bits per heavy atom.